The zero-order chi connectivity index (χ0) is 20.2. The summed E-state index contributed by atoms with van der Waals surface area (Å²) in [5, 5.41) is 8.11. The van der Waals surface area contributed by atoms with E-state index in [0.29, 0.717) is 30.6 Å². The van der Waals surface area contributed by atoms with Crippen LogP contribution in [0.1, 0.15) is 29.0 Å². The zero-order valence-electron chi connectivity index (χ0n) is 15.7. The number of para-hydroxylation sites is 3. The fourth-order valence-electron chi connectivity index (χ4n) is 3.32. The third-order valence-corrected chi connectivity index (χ3v) is 4.79. The lowest BCUT2D eigenvalue weighted by atomic mass is 10.1. The van der Waals surface area contributed by atoms with E-state index in [2.05, 4.69) is 25.9 Å². The quantitative estimate of drug-likeness (QED) is 0.479. The highest BCUT2D eigenvalue weighted by Gasteiger charge is 2.29. The fourth-order valence-corrected chi connectivity index (χ4v) is 3.32. The van der Waals surface area contributed by atoms with E-state index in [9.17, 15) is 14.4 Å². The molecule has 1 atom stereocenters. The Balaban J connectivity index is 1.26. The van der Waals surface area contributed by atoms with Gasteiger partial charge in [-0.25, -0.2) is 4.98 Å². The number of aryl methyl sites for hydroxylation is 1. The molecule has 2 aromatic carbocycles. The number of nitrogens with zero attached hydrogens (tertiary/aromatic N) is 1. The maximum atomic E-state index is 12.3. The second-order valence-electron chi connectivity index (χ2n) is 6.92. The summed E-state index contributed by atoms with van der Waals surface area (Å²) in [7, 11) is 0. The number of imidazole rings is 1. The molecule has 148 valence electrons. The lowest BCUT2D eigenvalue weighted by molar-refractivity contribution is -0.125. The van der Waals surface area contributed by atoms with Gasteiger partial charge in [-0.3, -0.25) is 14.4 Å². The van der Waals surface area contributed by atoms with Gasteiger partial charge in [-0.1, -0.05) is 24.3 Å². The van der Waals surface area contributed by atoms with Gasteiger partial charge in [-0.05, 0) is 30.7 Å². The van der Waals surface area contributed by atoms with E-state index >= 15 is 0 Å². The topological polar surface area (TPSA) is 116 Å². The molecule has 2 heterocycles. The van der Waals surface area contributed by atoms with Crippen molar-refractivity contribution in [1.29, 1.82) is 0 Å². The number of aromatic amines is 1. The van der Waals surface area contributed by atoms with E-state index < -0.39 is 11.9 Å². The summed E-state index contributed by atoms with van der Waals surface area (Å²) in [5.74, 6) is -0.197. The third-order valence-electron chi connectivity index (χ3n) is 4.79. The molecule has 0 saturated heterocycles. The maximum absolute atomic E-state index is 12.3. The van der Waals surface area contributed by atoms with E-state index in [1.54, 1.807) is 24.3 Å². The predicted molar refractivity (Wildman–Crippen MR) is 108 cm³/mol. The van der Waals surface area contributed by atoms with Crippen LogP contribution in [0.15, 0.2) is 48.5 Å². The summed E-state index contributed by atoms with van der Waals surface area (Å²) >= 11 is 0. The van der Waals surface area contributed by atoms with Gasteiger partial charge in [0, 0.05) is 13.0 Å². The number of benzene rings is 2. The Bertz CT molecular complexity index is 1040. The van der Waals surface area contributed by atoms with Crippen LogP contribution < -0.4 is 16.0 Å². The molecule has 1 aliphatic heterocycles. The molecule has 8 heteroatoms. The average molecular weight is 391 g/mol. The van der Waals surface area contributed by atoms with E-state index in [-0.39, 0.29) is 18.2 Å². The largest absolute Gasteiger partial charge is 0.356 e. The summed E-state index contributed by atoms with van der Waals surface area (Å²) in [6, 6.07) is 13.6. The minimum atomic E-state index is -0.912. The van der Waals surface area contributed by atoms with Crippen molar-refractivity contribution in [2.75, 3.05) is 11.9 Å². The number of carbonyl (C=O) groups excluding carboxylic acids is 3. The summed E-state index contributed by atoms with van der Waals surface area (Å²) in [6.45, 7) is 0.457. The van der Waals surface area contributed by atoms with Gasteiger partial charge in [0.25, 0.3) is 5.91 Å². The molecule has 0 spiro atoms. The number of hydrogen-bond acceptors (Lipinski definition) is 4. The molecule has 4 N–H and O–H groups in total. The van der Waals surface area contributed by atoms with Crippen LogP contribution >= 0.6 is 0 Å². The Kier molecular flexibility index (Phi) is 5.24. The monoisotopic (exact) mass is 391 g/mol. The molecule has 8 nitrogen and oxygen atoms in total. The van der Waals surface area contributed by atoms with Crippen molar-refractivity contribution in [3.63, 3.8) is 0 Å². The first-order chi connectivity index (χ1) is 14.1. The zero-order valence-corrected chi connectivity index (χ0v) is 15.7. The van der Waals surface area contributed by atoms with E-state index in [1.165, 1.54) is 0 Å². The van der Waals surface area contributed by atoms with Gasteiger partial charge in [0.05, 0.1) is 28.7 Å². The Morgan fingerprint density at radius 3 is 2.72 bits per heavy atom. The van der Waals surface area contributed by atoms with Crippen molar-refractivity contribution in [2.24, 2.45) is 0 Å². The second-order valence-corrected chi connectivity index (χ2v) is 6.92. The highest BCUT2D eigenvalue weighted by molar-refractivity contribution is 6.10. The molecule has 1 aromatic heterocycles. The van der Waals surface area contributed by atoms with Crippen LogP contribution in [0.5, 0.6) is 0 Å². The number of carbonyl (C=O) groups is 3. The Hall–Kier alpha value is -3.68. The van der Waals surface area contributed by atoms with Gasteiger partial charge in [-0.15, -0.1) is 0 Å². The van der Waals surface area contributed by atoms with E-state index in [4.69, 9.17) is 0 Å². The van der Waals surface area contributed by atoms with E-state index in [1.807, 2.05) is 24.3 Å². The number of rotatable bonds is 6. The number of fused-ring (bicyclic) bond motifs is 2. The minimum absolute atomic E-state index is 0.115. The molecule has 0 unspecified atom stereocenters. The number of aromatic nitrogens is 2. The van der Waals surface area contributed by atoms with Crippen LogP contribution in [0.3, 0.4) is 0 Å². The van der Waals surface area contributed by atoms with Crippen molar-refractivity contribution < 1.29 is 14.4 Å². The van der Waals surface area contributed by atoms with Crippen molar-refractivity contribution >= 4 is 34.4 Å². The van der Waals surface area contributed by atoms with Crippen LogP contribution in [-0.2, 0) is 16.0 Å². The molecule has 0 aliphatic carbocycles. The molecular formula is C21H21N5O3. The number of amides is 3. The first-order valence-electron chi connectivity index (χ1n) is 9.51. The lowest BCUT2D eigenvalue weighted by Crippen LogP contribution is -2.44. The smallest absolute Gasteiger partial charge is 0.254 e. The van der Waals surface area contributed by atoms with Crippen molar-refractivity contribution in [2.45, 2.75) is 25.3 Å². The Labute approximate surface area is 167 Å². The molecule has 3 aromatic rings. The summed E-state index contributed by atoms with van der Waals surface area (Å²) in [5.41, 5.74) is 2.74. The Morgan fingerprint density at radius 1 is 1.07 bits per heavy atom. The molecule has 0 saturated carbocycles. The highest BCUT2D eigenvalue weighted by Crippen LogP contribution is 2.18. The van der Waals surface area contributed by atoms with E-state index in [0.717, 1.165) is 16.9 Å². The molecule has 0 radical (unpaired) electrons. The predicted octanol–water partition coefficient (Wildman–Crippen LogP) is 1.75. The molecule has 3 amide bonds. The van der Waals surface area contributed by atoms with Gasteiger partial charge >= 0.3 is 0 Å². The van der Waals surface area contributed by atoms with Crippen molar-refractivity contribution in [3.05, 3.63) is 59.9 Å². The van der Waals surface area contributed by atoms with Gasteiger partial charge in [0.15, 0.2) is 0 Å². The first-order valence-corrected chi connectivity index (χ1v) is 9.51. The standard InChI is InChI=1S/C21H21N5O3/c27-19(22-11-5-10-18-23-15-8-3-4-9-16(15)24-18)12-17-21(29)25-14-7-2-1-6-13(14)20(28)26-17/h1-4,6-9,17H,5,10-12H2,(H,22,27)(H,23,24)(H,25,29)(H,26,28)/t17-/m1/s1. The normalized spacial score (nSPS) is 15.9. The Morgan fingerprint density at radius 2 is 1.86 bits per heavy atom. The van der Waals surface area contributed by atoms with Gasteiger partial charge in [0.2, 0.25) is 11.8 Å². The van der Waals surface area contributed by atoms with Gasteiger partial charge < -0.3 is 20.9 Å². The van der Waals surface area contributed by atoms with Crippen LogP contribution in [0.4, 0.5) is 5.69 Å². The maximum Gasteiger partial charge on any atom is 0.254 e. The first kappa shape index (κ1) is 18.7. The van der Waals surface area contributed by atoms with Crippen LogP contribution in [0.2, 0.25) is 0 Å². The van der Waals surface area contributed by atoms with Crippen LogP contribution in [-0.4, -0.2) is 40.3 Å². The fraction of sp³-hybridized carbons (Fsp3) is 0.238. The molecule has 29 heavy (non-hydrogen) atoms. The molecule has 4 rings (SSSR count). The average Bonchev–Trinajstić information content (AvgIpc) is 3.09. The summed E-state index contributed by atoms with van der Waals surface area (Å²) in [6.07, 6.45) is 1.29. The number of nitrogens with one attached hydrogen (secondary N) is 4. The molecule has 0 bridgehead atoms. The molecule has 0 fully saturated rings. The number of H-pyrrole nitrogens is 1. The lowest BCUT2D eigenvalue weighted by Gasteiger charge is -2.14. The molecule has 1 aliphatic rings. The van der Waals surface area contributed by atoms with Crippen LogP contribution in [0, 0.1) is 0 Å². The van der Waals surface area contributed by atoms with Crippen molar-refractivity contribution in [3.8, 4) is 0 Å². The van der Waals surface area contributed by atoms with Gasteiger partial charge in [-0.2, -0.15) is 0 Å². The number of anilines is 1. The minimum Gasteiger partial charge on any atom is -0.356 e. The van der Waals surface area contributed by atoms with Crippen molar-refractivity contribution in [1.82, 2.24) is 20.6 Å². The summed E-state index contributed by atoms with van der Waals surface area (Å²) < 4.78 is 0. The summed E-state index contributed by atoms with van der Waals surface area (Å²) in [4.78, 5) is 44.6. The van der Waals surface area contributed by atoms with Gasteiger partial charge in [0.1, 0.15) is 11.9 Å². The third kappa shape index (κ3) is 4.26. The highest BCUT2D eigenvalue weighted by atomic mass is 16.2. The van der Waals surface area contributed by atoms with Crippen LogP contribution in [0.25, 0.3) is 11.0 Å². The SMILES string of the molecule is O=C(C[C@H]1NC(=O)c2ccccc2NC1=O)NCCCc1nc2ccccc2[nH]1. The molecular weight excluding hydrogens is 370 g/mol. The second kappa shape index (κ2) is 8.14. The number of hydrogen-bond donors (Lipinski definition) is 4.